The van der Waals surface area contributed by atoms with Gasteiger partial charge in [-0.05, 0) is 43.2 Å². The number of hydrogen-bond acceptors (Lipinski definition) is 5. The van der Waals surface area contributed by atoms with Crippen molar-refractivity contribution in [1.82, 2.24) is 9.97 Å². The summed E-state index contributed by atoms with van der Waals surface area (Å²) in [6.07, 6.45) is 3.35. The first-order chi connectivity index (χ1) is 12.4. The number of ether oxygens (including phenoxy) is 2. The summed E-state index contributed by atoms with van der Waals surface area (Å²) < 4.78 is 34.2. The van der Waals surface area contributed by atoms with E-state index in [1.165, 1.54) is 24.5 Å². The first-order valence-corrected chi connectivity index (χ1v) is 8.51. The van der Waals surface area contributed by atoms with Gasteiger partial charge < -0.3 is 14.5 Å². The van der Waals surface area contributed by atoms with Crippen LogP contribution < -0.4 is 15.0 Å². The maximum absolute atomic E-state index is 12.4. The third kappa shape index (κ3) is 3.60. The average molecular weight is 378 g/mol. The Morgan fingerprint density at radius 2 is 2.00 bits per heavy atom. The molecule has 3 rings (SSSR count). The summed E-state index contributed by atoms with van der Waals surface area (Å²) >= 11 is 1.47. The van der Waals surface area contributed by atoms with E-state index in [2.05, 4.69) is 14.7 Å². The lowest BCUT2D eigenvalue weighted by molar-refractivity contribution is -0.0512. The lowest BCUT2D eigenvalue weighted by atomic mass is 10.2. The Hall–Kier alpha value is -2.74. The highest BCUT2D eigenvalue weighted by molar-refractivity contribution is 7.18. The Morgan fingerprint density at radius 1 is 1.23 bits per heavy atom. The molecule has 1 aromatic carbocycles. The molecule has 0 bridgehead atoms. The van der Waals surface area contributed by atoms with Crippen LogP contribution in [0.25, 0.3) is 22.4 Å². The summed E-state index contributed by atoms with van der Waals surface area (Å²) in [5.74, 6) is 0.557. The third-order valence-electron chi connectivity index (χ3n) is 3.89. The fraction of sp³-hybridized carbons (Fsp3) is 0.222. The number of aromatic nitrogens is 2. The van der Waals surface area contributed by atoms with Gasteiger partial charge in [0.15, 0.2) is 11.5 Å². The Balaban J connectivity index is 1.92. The molecule has 136 valence electrons. The number of aromatic amines is 1. The molecule has 0 saturated carbocycles. The van der Waals surface area contributed by atoms with E-state index in [4.69, 9.17) is 4.74 Å². The molecule has 8 heteroatoms. The second-order valence-electron chi connectivity index (χ2n) is 5.54. The quantitative estimate of drug-likeness (QED) is 0.716. The highest BCUT2D eigenvalue weighted by atomic mass is 32.1. The van der Waals surface area contributed by atoms with Gasteiger partial charge in [-0.1, -0.05) is 12.1 Å². The largest absolute Gasteiger partial charge is 0.493 e. The summed E-state index contributed by atoms with van der Waals surface area (Å²) in [6, 6.07) is 4.56. The molecule has 2 aromatic heterocycles. The van der Waals surface area contributed by atoms with Crippen LogP contribution in [0, 0.1) is 13.8 Å². The number of H-pyrrole nitrogens is 1. The van der Waals surface area contributed by atoms with E-state index in [1.807, 2.05) is 13.8 Å². The van der Waals surface area contributed by atoms with Crippen molar-refractivity contribution >= 4 is 33.7 Å². The van der Waals surface area contributed by atoms with Crippen molar-refractivity contribution in [1.29, 1.82) is 0 Å². The molecule has 0 fully saturated rings. The van der Waals surface area contributed by atoms with Gasteiger partial charge in [-0.3, -0.25) is 4.79 Å². The van der Waals surface area contributed by atoms with Crippen molar-refractivity contribution in [3.63, 3.8) is 0 Å². The molecular weight excluding hydrogens is 362 g/mol. The summed E-state index contributed by atoms with van der Waals surface area (Å²) in [7, 11) is 1.37. The fourth-order valence-corrected chi connectivity index (χ4v) is 3.54. The zero-order chi connectivity index (χ0) is 18.8. The number of nitrogens with one attached hydrogen (secondary N) is 1. The molecule has 26 heavy (non-hydrogen) atoms. The van der Waals surface area contributed by atoms with Crippen molar-refractivity contribution in [3.8, 4) is 11.5 Å². The van der Waals surface area contributed by atoms with Crippen LogP contribution in [0.4, 0.5) is 8.78 Å². The summed E-state index contributed by atoms with van der Waals surface area (Å²) in [5.41, 5.74) is 1.44. The van der Waals surface area contributed by atoms with Gasteiger partial charge in [0.2, 0.25) is 0 Å². The molecule has 0 radical (unpaired) electrons. The van der Waals surface area contributed by atoms with Crippen molar-refractivity contribution in [2.75, 3.05) is 7.11 Å². The van der Waals surface area contributed by atoms with Crippen LogP contribution >= 0.6 is 11.3 Å². The normalized spacial score (nSPS) is 11.6. The van der Waals surface area contributed by atoms with Crippen LogP contribution in [0.2, 0.25) is 0 Å². The van der Waals surface area contributed by atoms with E-state index in [1.54, 1.807) is 24.3 Å². The SMILES string of the molecule is COc1cc(C=Cc2nc3sc(C)c(C)c3c(=O)[nH]2)ccc1OC(F)F. The molecule has 2 heterocycles. The highest BCUT2D eigenvalue weighted by Gasteiger charge is 2.12. The van der Waals surface area contributed by atoms with Gasteiger partial charge in [-0.2, -0.15) is 8.78 Å². The van der Waals surface area contributed by atoms with E-state index in [0.717, 1.165) is 10.4 Å². The predicted molar refractivity (Wildman–Crippen MR) is 98.3 cm³/mol. The zero-order valence-electron chi connectivity index (χ0n) is 14.3. The first kappa shape index (κ1) is 18.1. The van der Waals surface area contributed by atoms with Gasteiger partial charge in [-0.25, -0.2) is 4.98 Å². The number of alkyl halides is 2. The van der Waals surface area contributed by atoms with Gasteiger partial charge >= 0.3 is 6.61 Å². The molecule has 0 aliphatic rings. The molecule has 5 nitrogen and oxygen atoms in total. The molecule has 0 saturated heterocycles. The Labute approximate surface area is 151 Å². The topological polar surface area (TPSA) is 64.2 Å². The molecule has 0 aliphatic heterocycles. The monoisotopic (exact) mass is 378 g/mol. The van der Waals surface area contributed by atoms with Gasteiger partial charge in [0.25, 0.3) is 5.56 Å². The second-order valence-corrected chi connectivity index (χ2v) is 6.74. The summed E-state index contributed by atoms with van der Waals surface area (Å²) in [5, 5.41) is 0.611. The number of halogens is 2. The van der Waals surface area contributed by atoms with E-state index >= 15 is 0 Å². The van der Waals surface area contributed by atoms with Crippen LogP contribution in [0.1, 0.15) is 21.8 Å². The van der Waals surface area contributed by atoms with E-state index in [0.29, 0.717) is 21.6 Å². The number of nitrogens with zero attached hydrogens (tertiary/aromatic N) is 1. The number of hydrogen-bond donors (Lipinski definition) is 1. The van der Waals surface area contributed by atoms with Crippen LogP contribution in [0.15, 0.2) is 23.0 Å². The molecule has 0 amide bonds. The number of methoxy groups -OCH3 is 1. The lowest BCUT2D eigenvalue weighted by Crippen LogP contribution is -2.09. The Morgan fingerprint density at radius 3 is 2.69 bits per heavy atom. The van der Waals surface area contributed by atoms with Crippen LogP contribution in [0.3, 0.4) is 0 Å². The van der Waals surface area contributed by atoms with Crippen molar-refractivity contribution in [3.05, 3.63) is 50.4 Å². The van der Waals surface area contributed by atoms with Gasteiger partial charge in [0, 0.05) is 4.88 Å². The standard InChI is InChI=1S/C18H16F2N2O3S/c1-9-10(2)26-17-15(9)16(23)21-14(22-17)7-5-11-4-6-12(25-18(19)20)13(8-11)24-3/h4-8,18H,1-3H3,(H,21,22,23). The van der Waals surface area contributed by atoms with Crippen LogP contribution in [-0.2, 0) is 0 Å². The van der Waals surface area contributed by atoms with Crippen LogP contribution in [0.5, 0.6) is 11.5 Å². The molecule has 0 spiro atoms. The number of benzene rings is 1. The maximum Gasteiger partial charge on any atom is 0.387 e. The predicted octanol–water partition coefficient (Wildman–Crippen LogP) is 4.38. The van der Waals surface area contributed by atoms with E-state index < -0.39 is 6.61 Å². The van der Waals surface area contributed by atoms with Gasteiger partial charge in [0.05, 0.1) is 12.5 Å². The molecule has 3 aromatic rings. The average Bonchev–Trinajstić information content (AvgIpc) is 2.88. The molecular formula is C18H16F2N2O3S. The highest BCUT2D eigenvalue weighted by Crippen LogP contribution is 2.30. The van der Waals surface area contributed by atoms with Crippen molar-refractivity contribution in [2.45, 2.75) is 20.5 Å². The van der Waals surface area contributed by atoms with Gasteiger partial charge in [-0.15, -0.1) is 11.3 Å². The number of thiophene rings is 1. The molecule has 1 N–H and O–H groups in total. The van der Waals surface area contributed by atoms with Gasteiger partial charge in [0.1, 0.15) is 10.7 Å². The van der Waals surface area contributed by atoms with Crippen molar-refractivity contribution < 1.29 is 18.3 Å². The van der Waals surface area contributed by atoms with E-state index in [9.17, 15) is 13.6 Å². The second kappa shape index (κ2) is 7.25. The Bertz CT molecular complexity index is 1040. The summed E-state index contributed by atoms with van der Waals surface area (Å²) in [6.45, 7) is 0.922. The Kier molecular flexibility index (Phi) is 5.03. The minimum Gasteiger partial charge on any atom is -0.493 e. The first-order valence-electron chi connectivity index (χ1n) is 7.70. The van der Waals surface area contributed by atoms with Crippen LogP contribution in [-0.4, -0.2) is 23.7 Å². The van der Waals surface area contributed by atoms with E-state index in [-0.39, 0.29) is 17.1 Å². The molecule has 0 unspecified atom stereocenters. The third-order valence-corrected chi connectivity index (χ3v) is 5.00. The minimum absolute atomic E-state index is 0.0443. The minimum atomic E-state index is -2.93. The fourth-order valence-electron chi connectivity index (χ4n) is 2.51. The smallest absolute Gasteiger partial charge is 0.387 e. The maximum atomic E-state index is 12.4. The number of fused-ring (bicyclic) bond motifs is 1. The molecule has 0 aliphatic carbocycles. The number of aryl methyl sites for hydroxylation is 2. The lowest BCUT2D eigenvalue weighted by Gasteiger charge is -2.10. The van der Waals surface area contributed by atoms with Crippen molar-refractivity contribution in [2.24, 2.45) is 0 Å². The zero-order valence-corrected chi connectivity index (χ0v) is 15.1. The summed E-state index contributed by atoms with van der Waals surface area (Å²) in [4.78, 5) is 21.2. The number of rotatable bonds is 5. The molecule has 0 atom stereocenters.